The van der Waals surface area contributed by atoms with Crippen LogP contribution < -0.4 is 0 Å². The van der Waals surface area contributed by atoms with Gasteiger partial charge in [-0.1, -0.05) is 38.3 Å². The van der Waals surface area contributed by atoms with Crippen LogP contribution in [0, 0.1) is 5.92 Å². The van der Waals surface area contributed by atoms with Crippen LogP contribution in [0.4, 0.5) is 0 Å². The van der Waals surface area contributed by atoms with Crippen molar-refractivity contribution in [3.8, 4) is 0 Å². The average Bonchev–Trinajstić information content (AvgIpc) is 2.05. The van der Waals surface area contributed by atoms with Gasteiger partial charge in [0.1, 0.15) is 0 Å². The first-order valence-electron chi connectivity index (χ1n) is 5.05. The third-order valence-corrected chi connectivity index (χ3v) is 2.09. The van der Waals surface area contributed by atoms with Gasteiger partial charge in [0, 0.05) is 6.61 Å². The van der Waals surface area contributed by atoms with Crippen molar-refractivity contribution in [2.75, 3.05) is 6.61 Å². The van der Waals surface area contributed by atoms with E-state index in [9.17, 15) is 0 Å². The van der Waals surface area contributed by atoms with E-state index in [4.69, 9.17) is 5.11 Å². The summed E-state index contributed by atoms with van der Waals surface area (Å²) in [5.41, 5.74) is 0. The molecule has 1 heteroatoms. The maximum absolute atomic E-state index is 8.55. The van der Waals surface area contributed by atoms with Crippen LogP contribution in [0.15, 0.2) is 12.2 Å². The van der Waals surface area contributed by atoms with Crippen LogP contribution in [0.1, 0.15) is 46.0 Å². The first-order chi connectivity index (χ1) is 5.81. The molecule has 72 valence electrons. The van der Waals surface area contributed by atoms with E-state index < -0.39 is 0 Å². The van der Waals surface area contributed by atoms with E-state index in [1.165, 1.54) is 25.7 Å². The Kier molecular flexibility index (Phi) is 8.57. The van der Waals surface area contributed by atoms with Crippen molar-refractivity contribution >= 4 is 0 Å². The molecule has 0 aromatic heterocycles. The van der Waals surface area contributed by atoms with E-state index in [1.807, 2.05) is 0 Å². The molecular weight excluding hydrogens is 148 g/mol. The second-order valence-corrected chi connectivity index (χ2v) is 3.43. The van der Waals surface area contributed by atoms with Gasteiger partial charge in [0.2, 0.25) is 0 Å². The number of hydrogen-bond acceptors (Lipinski definition) is 1. The maximum atomic E-state index is 8.55. The highest BCUT2D eigenvalue weighted by atomic mass is 16.2. The standard InChI is InChI=1S/C11H22O/c1-3-8-11(2)9-6-4-5-7-10-12/h3,8,11-12H,4-7,9-10H2,1-2H3/b8-3+. The Labute approximate surface area is 76.5 Å². The van der Waals surface area contributed by atoms with E-state index in [2.05, 4.69) is 26.0 Å². The highest BCUT2D eigenvalue weighted by molar-refractivity contribution is 4.82. The van der Waals surface area contributed by atoms with Crippen molar-refractivity contribution < 1.29 is 5.11 Å². The molecule has 12 heavy (non-hydrogen) atoms. The smallest absolute Gasteiger partial charge is 0.0431 e. The largest absolute Gasteiger partial charge is 0.396 e. The lowest BCUT2D eigenvalue weighted by molar-refractivity contribution is 0.282. The Hall–Kier alpha value is -0.300. The highest BCUT2D eigenvalue weighted by Gasteiger charge is 1.95. The molecule has 0 heterocycles. The molecule has 1 unspecified atom stereocenters. The Morgan fingerprint density at radius 3 is 2.42 bits per heavy atom. The van der Waals surface area contributed by atoms with E-state index >= 15 is 0 Å². The van der Waals surface area contributed by atoms with Crippen LogP contribution in [0.5, 0.6) is 0 Å². The third-order valence-electron chi connectivity index (χ3n) is 2.09. The average molecular weight is 170 g/mol. The molecule has 0 saturated heterocycles. The summed E-state index contributed by atoms with van der Waals surface area (Å²) < 4.78 is 0. The molecule has 0 aliphatic rings. The molecule has 0 aliphatic carbocycles. The molecule has 0 bridgehead atoms. The zero-order valence-corrected chi connectivity index (χ0v) is 8.42. The van der Waals surface area contributed by atoms with Gasteiger partial charge >= 0.3 is 0 Å². The lowest BCUT2D eigenvalue weighted by Crippen LogP contribution is -1.90. The first kappa shape index (κ1) is 11.7. The number of aliphatic hydroxyl groups excluding tert-OH is 1. The van der Waals surface area contributed by atoms with Crippen molar-refractivity contribution in [3.63, 3.8) is 0 Å². The van der Waals surface area contributed by atoms with Gasteiger partial charge in [-0.15, -0.1) is 0 Å². The molecule has 0 fully saturated rings. The van der Waals surface area contributed by atoms with Crippen molar-refractivity contribution in [1.82, 2.24) is 0 Å². The Morgan fingerprint density at radius 1 is 1.17 bits per heavy atom. The van der Waals surface area contributed by atoms with Gasteiger partial charge in [0.15, 0.2) is 0 Å². The van der Waals surface area contributed by atoms with Crippen LogP contribution in [0.3, 0.4) is 0 Å². The Morgan fingerprint density at radius 2 is 1.83 bits per heavy atom. The predicted molar refractivity (Wildman–Crippen MR) is 54.1 cm³/mol. The van der Waals surface area contributed by atoms with Crippen molar-refractivity contribution in [3.05, 3.63) is 12.2 Å². The number of rotatable bonds is 7. The third kappa shape index (κ3) is 7.80. The molecule has 0 rings (SSSR count). The van der Waals surface area contributed by atoms with E-state index in [0.717, 1.165) is 12.3 Å². The van der Waals surface area contributed by atoms with E-state index in [-0.39, 0.29) is 0 Å². The molecule has 0 aromatic carbocycles. The summed E-state index contributed by atoms with van der Waals surface area (Å²) >= 11 is 0. The van der Waals surface area contributed by atoms with Gasteiger partial charge in [-0.2, -0.15) is 0 Å². The Balaban J connectivity index is 3.08. The van der Waals surface area contributed by atoms with Gasteiger partial charge in [-0.3, -0.25) is 0 Å². The molecule has 1 N–H and O–H groups in total. The molecule has 0 spiro atoms. The zero-order valence-electron chi connectivity index (χ0n) is 8.42. The van der Waals surface area contributed by atoms with Crippen LogP contribution in [0.2, 0.25) is 0 Å². The zero-order chi connectivity index (χ0) is 9.23. The van der Waals surface area contributed by atoms with Gasteiger partial charge < -0.3 is 5.11 Å². The topological polar surface area (TPSA) is 20.2 Å². The van der Waals surface area contributed by atoms with Crippen LogP contribution in [-0.4, -0.2) is 11.7 Å². The minimum atomic E-state index is 0.352. The summed E-state index contributed by atoms with van der Waals surface area (Å²) in [7, 11) is 0. The maximum Gasteiger partial charge on any atom is 0.0431 e. The summed E-state index contributed by atoms with van der Waals surface area (Å²) in [4.78, 5) is 0. The second-order valence-electron chi connectivity index (χ2n) is 3.43. The fourth-order valence-electron chi connectivity index (χ4n) is 1.36. The summed E-state index contributed by atoms with van der Waals surface area (Å²) in [6.07, 6.45) is 10.4. The van der Waals surface area contributed by atoms with E-state index in [0.29, 0.717) is 6.61 Å². The molecule has 0 amide bonds. The summed E-state index contributed by atoms with van der Waals surface area (Å²) in [5, 5.41) is 8.55. The lowest BCUT2D eigenvalue weighted by Gasteiger charge is -2.04. The lowest BCUT2D eigenvalue weighted by atomic mass is 10.0. The minimum absolute atomic E-state index is 0.352. The molecule has 0 saturated carbocycles. The summed E-state index contributed by atoms with van der Waals surface area (Å²) in [5.74, 6) is 0.726. The van der Waals surface area contributed by atoms with Gasteiger partial charge in [-0.25, -0.2) is 0 Å². The first-order valence-corrected chi connectivity index (χ1v) is 5.05. The second kappa shape index (κ2) is 8.79. The minimum Gasteiger partial charge on any atom is -0.396 e. The summed E-state index contributed by atoms with van der Waals surface area (Å²) in [6, 6.07) is 0. The highest BCUT2D eigenvalue weighted by Crippen LogP contribution is 2.11. The number of unbranched alkanes of at least 4 members (excludes halogenated alkanes) is 3. The molecule has 0 radical (unpaired) electrons. The van der Waals surface area contributed by atoms with Crippen LogP contribution in [-0.2, 0) is 0 Å². The van der Waals surface area contributed by atoms with Gasteiger partial charge in [-0.05, 0) is 25.7 Å². The SMILES string of the molecule is C/C=C/C(C)CCCCCCO. The number of hydrogen-bond donors (Lipinski definition) is 1. The van der Waals surface area contributed by atoms with Crippen LogP contribution in [0.25, 0.3) is 0 Å². The number of allylic oxidation sites excluding steroid dienone is 2. The quantitative estimate of drug-likeness (QED) is 0.459. The molecule has 0 aromatic rings. The van der Waals surface area contributed by atoms with Gasteiger partial charge in [0.05, 0.1) is 0 Å². The van der Waals surface area contributed by atoms with Crippen molar-refractivity contribution in [2.45, 2.75) is 46.0 Å². The molecular formula is C11H22O. The molecule has 1 nitrogen and oxygen atoms in total. The Bertz CT molecular complexity index is 108. The summed E-state index contributed by atoms with van der Waals surface area (Å²) in [6.45, 7) is 4.68. The van der Waals surface area contributed by atoms with Crippen molar-refractivity contribution in [1.29, 1.82) is 0 Å². The predicted octanol–water partition coefficient (Wildman–Crippen LogP) is 3.14. The fourth-order valence-corrected chi connectivity index (χ4v) is 1.36. The number of aliphatic hydroxyl groups is 1. The van der Waals surface area contributed by atoms with Gasteiger partial charge in [0.25, 0.3) is 0 Å². The van der Waals surface area contributed by atoms with Crippen LogP contribution >= 0.6 is 0 Å². The van der Waals surface area contributed by atoms with Crippen molar-refractivity contribution in [2.24, 2.45) is 5.92 Å². The molecule has 1 atom stereocenters. The molecule has 0 aliphatic heterocycles. The fraction of sp³-hybridized carbons (Fsp3) is 0.818. The normalized spacial score (nSPS) is 13.9. The van der Waals surface area contributed by atoms with E-state index in [1.54, 1.807) is 0 Å². The monoisotopic (exact) mass is 170 g/mol.